The highest BCUT2D eigenvalue weighted by molar-refractivity contribution is 8.00. The number of nitrogens with zero attached hydrogens (tertiary/aromatic N) is 2. The first kappa shape index (κ1) is 27.8. The van der Waals surface area contributed by atoms with E-state index in [2.05, 4.69) is 5.32 Å². The van der Waals surface area contributed by atoms with Crippen molar-refractivity contribution in [1.29, 1.82) is 0 Å². The number of thiazole rings is 1. The molecule has 3 aromatic carbocycles. The normalized spacial score (nSPS) is 19.9. The Bertz CT molecular complexity index is 1770. The zero-order valence-electron chi connectivity index (χ0n) is 21.4. The fraction of sp³-hybridized carbons (Fsp3) is 0.172. The Morgan fingerprint density at radius 2 is 1.57 bits per heavy atom. The van der Waals surface area contributed by atoms with E-state index in [9.17, 15) is 37.5 Å². The van der Waals surface area contributed by atoms with Crippen LogP contribution in [0.2, 0.25) is 0 Å². The van der Waals surface area contributed by atoms with Crippen LogP contribution in [-0.2, 0) is 27.1 Å². The number of halogens is 3. The van der Waals surface area contributed by atoms with E-state index in [0.717, 1.165) is 35.2 Å². The second-order valence-corrected chi connectivity index (χ2v) is 11.8. The molecule has 42 heavy (non-hydrogen) atoms. The van der Waals surface area contributed by atoms with Crippen molar-refractivity contribution >= 4 is 52.2 Å². The molecule has 6 rings (SSSR count). The summed E-state index contributed by atoms with van der Waals surface area (Å²) in [4.78, 5) is 54.3. The smallest absolute Gasteiger partial charge is 0.418 e. The van der Waals surface area contributed by atoms with E-state index in [1.54, 1.807) is 30.3 Å². The van der Waals surface area contributed by atoms with Gasteiger partial charge < -0.3 is 10.4 Å². The molecule has 214 valence electrons. The van der Waals surface area contributed by atoms with E-state index in [1.807, 2.05) is 0 Å². The van der Waals surface area contributed by atoms with Gasteiger partial charge in [-0.05, 0) is 42.0 Å². The highest BCUT2D eigenvalue weighted by Crippen LogP contribution is 2.54. The number of amides is 3. The Hall–Kier alpha value is -4.36. The molecule has 2 N–H and O–H groups in total. The number of hydrogen-bond acceptors (Lipinski definition) is 7. The molecule has 0 unspecified atom stereocenters. The summed E-state index contributed by atoms with van der Waals surface area (Å²) in [6.45, 7) is -0.403. The maximum atomic E-state index is 13.9. The molecule has 1 fully saturated rings. The molecule has 0 aliphatic carbocycles. The number of carbonyl (C=O) groups excluding carboxylic acids is 3. The standard InChI is InChI=1S/C29H20F3N3O5S2/c30-29(31,32)18-8-4-5-9-19(18)35-25(38)22-21(15-6-2-1-3-7-15)24-27(41-23(22)26(35)39)34(28(40)42-24)14-20(37)33-16-10-12-17(36)13-11-16/h1-13,21-23,36H,14H2,(H,33,37)/t21-,22-,23+/m0/s1. The first-order chi connectivity index (χ1) is 20.0. The van der Waals surface area contributed by atoms with Crippen LogP contribution in [0.25, 0.3) is 0 Å². The number of fused-ring (bicyclic) bond motifs is 2. The van der Waals surface area contributed by atoms with Crippen molar-refractivity contribution < 1.29 is 32.7 Å². The number of hydrogen-bond donors (Lipinski definition) is 2. The van der Waals surface area contributed by atoms with E-state index >= 15 is 0 Å². The molecule has 3 atom stereocenters. The lowest BCUT2D eigenvalue weighted by molar-refractivity contribution is -0.137. The van der Waals surface area contributed by atoms with Gasteiger partial charge in [0.25, 0.3) is 0 Å². The molecular formula is C29H20F3N3O5S2. The summed E-state index contributed by atoms with van der Waals surface area (Å²) in [6.07, 6.45) is -4.80. The van der Waals surface area contributed by atoms with Gasteiger partial charge in [-0.1, -0.05) is 65.6 Å². The van der Waals surface area contributed by atoms with Crippen LogP contribution in [0, 0.1) is 5.92 Å². The maximum absolute atomic E-state index is 13.9. The number of para-hydroxylation sites is 1. The predicted octanol–water partition coefficient (Wildman–Crippen LogP) is 5.07. The van der Waals surface area contributed by atoms with E-state index in [1.165, 1.54) is 41.0 Å². The highest BCUT2D eigenvalue weighted by Gasteiger charge is 2.57. The molecule has 1 aromatic heterocycles. The molecule has 0 spiro atoms. The molecule has 1 saturated heterocycles. The second-order valence-electron chi connectivity index (χ2n) is 9.70. The average molecular weight is 612 g/mol. The van der Waals surface area contributed by atoms with Crippen LogP contribution in [0.5, 0.6) is 5.75 Å². The van der Waals surface area contributed by atoms with Crippen molar-refractivity contribution in [3.8, 4) is 5.75 Å². The fourth-order valence-electron chi connectivity index (χ4n) is 5.31. The third-order valence-electron chi connectivity index (χ3n) is 7.11. The van der Waals surface area contributed by atoms with Crippen molar-refractivity contribution in [2.45, 2.75) is 28.9 Å². The molecule has 2 aliphatic rings. The monoisotopic (exact) mass is 611 g/mol. The van der Waals surface area contributed by atoms with Gasteiger partial charge in [0.2, 0.25) is 17.7 Å². The molecule has 4 aromatic rings. The summed E-state index contributed by atoms with van der Waals surface area (Å²) < 4.78 is 42.9. The Labute approximate surface area is 244 Å². The van der Waals surface area contributed by atoms with Crippen LogP contribution < -0.4 is 15.1 Å². The van der Waals surface area contributed by atoms with Gasteiger partial charge in [0.05, 0.1) is 22.2 Å². The van der Waals surface area contributed by atoms with Crippen LogP contribution in [-0.4, -0.2) is 32.6 Å². The molecule has 0 bridgehead atoms. The maximum Gasteiger partial charge on any atom is 0.418 e. The molecule has 3 amide bonds. The number of nitrogens with one attached hydrogen (secondary N) is 1. The lowest BCUT2D eigenvalue weighted by Crippen LogP contribution is -2.33. The molecule has 3 heterocycles. The van der Waals surface area contributed by atoms with E-state index in [4.69, 9.17) is 0 Å². The number of anilines is 2. The number of carbonyl (C=O) groups is 3. The summed E-state index contributed by atoms with van der Waals surface area (Å²) in [5, 5.41) is 11.3. The van der Waals surface area contributed by atoms with Crippen LogP contribution >= 0.6 is 23.1 Å². The quantitative estimate of drug-likeness (QED) is 0.241. The predicted molar refractivity (Wildman–Crippen MR) is 151 cm³/mol. The van der Waals surface area contributed by atoms with Crippen LogP contribution in [0.4, 0.5) is 24.5 Å². The number of aromatic hydroxyl groups is 1. The molecule has 0 saturated carbocycles. The molecule has 2 aliphatic heterocycles. The zero-order chi connectivity index (χ0) is 29.8. The minimum atomic E-state index is -4.80. The van der Waals surface area contributed by atoms with Crippen molar-refractivity contribution in [1.82, 2.24) is 4.57 Å². The number of phenols is 1. The van der Waals surface area contributed by atoms with Crippen LogP contribution in [0.1, 0.15) is 21.9 Å². The molecular weight excluding hydrogens is 591 g/mol. The van der Waals surface area contributed by atoms with Crippen LogP contribution in [0.15, 0.2) is 88.7 Å². The van der Waals surface area contributed by atoms with Gasteiger partial charge in [0, 0.05) is 16.5 Å². The Morgan fingerprint density at radius 1 is 0.905 bits per heavy atom. The van der Waals surface area contributed by atoms with E-state index in [0.29, 0.717) is 26.1 Å². The number of rotatable bonds is 5. The number of alkyl halides is 3. The summed E-state index contributed by atoms with van der Waals surface area (Å²) in [5.74, 6) is -4.01. The second kappa shape index (κ2) is 10.5. The Balaban J connectivity index is 1.41. The summed E-state index contributed by atoms with van der Waals surface area (Å²) in [5.41, 5.74) is -0.650. The minimum Gasteiger partial charge on any atom is -0.508 e. The van der Waals surface area contributed by atoms with Gasteiger partial charge in [0.15, 0.2) is 0 Å². The van der Waals surface area contributed by atoms with Crippen molar-refractivity contribution in [2.24, 2.45) is 5.92 Å². The SMILES string of the molecule is O=C(Cn1c2c(sc1=O)[C@@H](c1ccccc1)[C@@H]1C(=O)N(c3ccccc3C(F)(F)F)C(=O)[C@@H]1S2)Nc1ccc(O)cc1. The molecule has 8 nitrogen and oxygen atoms in total. The summed E-state index contributed by atoms with van der Waals surface area (Å²) in [6, 6.07) is 18.9. The lowest BCUT2D eigenvalue weighted by Gasteiger charge is -2.30. The van der Waals surface area contributed by atoms with Gasteiger partial charge in [-0.3, -0.25) is 23.7 Å². The van der Waals surface area contributed by atoms with Crippen molar-refractivity contribution in [3.63, 3.8) is 0 Å². The third kappa shape index (κ3) is 4.77. The zero-order valence-corrected chi connectivity index (χ0v) is 23.0. The van der Waals surface area contributed by atoms with E-state index < -0.39 is 63.7 Å². The Morgan fingerprint density at radius 3 is 2.26 bits per heavy atom. The number of aromatic nitrogens is 1. The Kier molecular flexibility index (Phi) is 6.93. The fourth-order valence-corrected chi connectivity index (χ4v) is 8.08. The number of imide groups is 1. The van der Waals surface area contributed by atoms with Gasteiger partial charge in [-0.2, -0.15) is 13.2 Å². The lowest BCUT2D eigenvalue weighted by atomic mass is 9.83. The van der Waals surface area contributed by atoms with Crippen LogP contribution in [0.3, 0.4) is 0 Å². The first-order valence-corrected chi connectivity index (χ1v) is 14.3. The largest absolute Gasteiger partial charge is 0.508 e. The first-order valence-electron chi connectivity index (χ1n) is 12.6. The van der Waals surface area contributed by atoms with Gasteiger partial charge in [-0.25, -0.2) is 4.90 Å². The van der Waals surface area contributed by atoms with Crippen molar-refractivity contribution in [2.75, 3.05) is 10.2 Å². The summed E-state index contributed by atoms with van der Waals surface area (Å²) >= 11 is 1.75. The number of thioether (sulfide) groups is 1. The molecule has 13 heteroatoms. The molecule has 0 radical (unpaired) electrons. The number of phenolic OH excluding ortho intramolecular Hbond substituents is 1. The van der Waals surface area contributed by atoms with Gasteiger partial charge in [0.1, 0.15) is 17.5 Å². The average Bonchev–Trinajstić information content (AvgIpc) is 3.40. The van der Waals surface area contributed by atoms with Gasteiger partial charge in [-0.15, -0.1) is 0 Å². The van der Waals surface area contributed by atoms with E-state index in [-0.39, 0.29) is 5.75 Å². The third-order valence-corrected chi connectivity index (χ3v) is 9.71. The topological polar surface area (TPSA) is 109 Å². The highest BCUT2D eigenvalue weighted by atomic mass is 32.2. The van der Waals surface area contributed by atoms with Crippen molar-refractivity contribution in [3.05, 3.63) is 105 Å². The summed E-state index contributed by atoms with van der Waals surface area (Å²) in [7, 11) is 0. The minimum absolute atomic E-state index is 0.0108. The van der Waals surface area contributed by atoms with Gasteiger partial charge >= 0.3 is 11.0 Å². The number of benzene rings is 3.